The van der Waals surface area contributed by atoms with Gasteiger partial charge in [-0.3, -0.25) is 9.59 Å². The summed E-state index contributed by atoms with van der Waals surface area (Å²) in [5.41, 5.74) is 3.09. The van der Waals surface area contributed by atoms with Gasteiger partial charge in [-0.05, 0) is 42.2 Å². The third-order valence-corrected chi connectivity index (χ3v) is 4.03. The molecule has 0 aromatic heterocycles. The van der Waals surface area contributed by atoms with Crippen LogP contribution in [-0.2, 0) is 9.59 Å². The van der Waals surface area contributed by atoms with Gasteiger partial charge in [-0.25, -0.2) is 4.39 Å². The van der Waals surface area contributed by atoms with E-state index in [1.165, 1.54) is 12.1 Å². The highest BCUT2D eigenvalue weighted by Crippen LogP contribution is 2.33. The number of carbonyl (C=O) groups excluding carboxylic acids is 2. The van der Waals surface area contributed by atoms with E-state index in [0.29, 0.717) is 24.9 Å². The number of anilines is 2. The summed E-state index contributed by atoms with van der Waals surface area (Å²) in [6.07, 6.45) is 3.26. The number of benzene rings is 2. The van der Waals surface area contributed by atoms with E-state index in [2.05, 4.69) is 10.6 Å². The van der Waals surface area contributed by atoms with Gasteiger partial charge in [0.1, 0.15) is 5.82 Å². The van der Waals surface area contributed by atoms with Crippen LogP contribution in [0.25, 0.3) is 0 Å². The van der Waals surface area contributed by atoms with Crippen LogP contribution in [0, 0.1) is 5.82 Å². The Hall–Kier alpha value is -2.95. The first-order valence-electron chi connectivity index (χ1n) is 7.71. The molecule has 2 N–H and O–H groups in total. The lowest BCUT2D eigenvalue weighted by Crippen LogP contribution is -2.17. The van der Waals surface area contributed by atoms with E-state index in [1.807, 2.05) is 18.2 Å². The average Bonchev–Trinajstić information content (AvgIpc) is 2.57. The molecule has 0 radical (unpaired) electrons. The van der Waals surface area contributed by atoms with Crippen molar-refractivity contribution < 1.29 is 14.0 Å². The molecule has 3 rings (SSSR count). The second kappa shape index (κ2) is 7.08. The van der Waals surface area contributed by atoms with Crippen LogP contribution in [0.4, 0.5) is 15.8 Å². The van der Waals surface area contributed by atoms with Crippen molar-refractivity contribution in [2.75, 3.05) is 10.6 Å². The van der Waals surface area contributed by atoms with Gasteiger partial charge >= 0.3 is 0 Å². The summed E-state index contributed by atoms with van der Waals surface area (Å²) in [5, 5.41) is 5.85. The quantitative estimate of drug-likeness (QED) is 0.822. The molecule has 1 aliphatic carbocycles. The second-order valence-corrected chi connectivity index (χ2v) is 5.73. The molecule has 2 aromatic rings. The highest BCUT2D eigenvalue weighted by molar-refractivity contribution is 5.93. The number of rotatable bonds is 5. The summed E-state index contributed by atoms with van der Waals surface area (Å²) in [6.45, 7) is 0. The first-order chi connectivity index (χ1) is 11.7. The molecule has 1 atom stereocenters. The lowest BCUT2D eigenvalue weighted by Gasteiger charge is -2.24. The highest BCUT2D eigenvalue weighted by Gasteiger charge is 2.22. The average molecular weight is 324 g/mol. The smallest absolute Gasteiger partial charge is 0.211 e. The number of halogens is 1. The van der Waals surface area contributed by atoms with E-state index < -0.39 is 0 Å². The van der Waals surface area contributed by atoms with Crippen molar-refractivity contribution in [2.24, 2.45) is 0 Å². The molecule has 1 unspecified atom stereocenters. The van der Waals surface area contributed by atoms with Crippen LogP contribution < -0.4 is 10.6 Å². The molecule has 0 bridgehead atoms. The Labute approximate surface area is 139 Å². The monoisotopic (exact) mass is 324 g/mol. The number of hydrogen-bond acceptors (Lipinski definition) is 3. The fraction of sp³-hybridized carbons (Fsp3) is 0.158. The maximum atomic E-state index is 13.1. The van der Waals surface area contributed by atoms with Crippen LogP contribution in [0.1, 0.15) is 24.3 Å². The minimum absolute atomic E-state index is 0.0109. The van der Waals surface area contributed by atoms with E-state index in [9.17, 15) is 14.0 Å². The predicted molar refractivity (Wildman–Crippen MR) is 91.2 cm³/mol. The van der Waals surface area contributed by atoms with Gasteiger partial charge in [0.05, 0.1) is 11.4 Å². The number of amides is 1. The van der Waals surface area contributed by atoms with Crippen molar-refractivity contribution in [1.29, 1.82) is 0 Å². The number of nitrogens with one attached hydrogen (secondary N) is 2. The number of carbonyl (C=O) groups is 2. The van der Waals surface area contributed by atoms with E-state index >= 15 is 0 Å². The first-order valence-corrected chi connectivity index (χ1v) is 7.71. The van der Waals surface area contributed by atoms with Crippen LogP contribution >= 0.6 is 0 Å². The van der Waals surface area contributed by atoms with E-state index in [0.717, 1.165) is 16.9 Å². The Balaban J connectivity index is 1.80. The van der Waals surface area contributed by atoms with Crippen molar-refractivity contribution in [2.45, 2.75) is 18.8 Å². The number of ketones is 1. The minimum atomic E-state index is -0.288. The van der Waals surface area contributed by atoms with Crippen LogP contribution in [-0.4, -0.2) is 12.2 Å². The van der Waals surface area contributed by atoms with Crippen molar-refractivity contribution >= 4 is 23.6 Å². The SMILES string of the molecule is O=CNc1ccccc1NC1=CC(=O)CC(c2ccc(F)cc2)C1. The molecule has 0 heterocycles. The number of hydrogen-bond donors (Lipinski definition) is 2. The highest BCUT2D eigenvalue weighted by atomic mass is 19.1. The maximum absolute atomic E-state index is 13.1. The molecule has 0 saturated carbocycles. The lowest BCUT2D eigenvalue weighted by molar-refractivity contribution is -0.115. The summed E-state index contributed by atoms with van der Waals surface area (Å²) in [4.78, 5) is 22.8. The fourth-order valence-corrected chi connectivity index (χ4v) is 2.90. The molecule has 1 amide bonds. The van der Waals surface area contributed by atoms with Crippen LogP contribution in [0.5, 0.6) is 0 Å². The molecule has 122 valence electrons. The summed E-state index contributed by atoms with van der Waals surface area (Å²) in [5.74, 6) is -0.251. The van der Waals surface area contributed by atoms with E-state index in [4.69, 9.17) is 0 Å². The first kappa shape index (κ1) is 15.9. The summed E-state index contributed by atoms with van der Waals surface area (Å²) >= 11 is 0. The molecular weight excluding hydrogens is 307 g/mol. The van der Waals surface area contributed by atoms with Crippen LogP contribution in [0.15, 0.2) is 60.3 Å². The summed E-state index contributed by atoms with van der Waals surface area (Å²) in [7, 11) is 0. The molecule has 0 fully saturated rings. The van der Waals surface area contributed by atoms with Gasteiger partial charge in [0.25, 0.3) is 0 Å². The van der Waals surface area contributed by atoms with E-state index in [-0.39, 0.29) is 17.5 Å². The zero-order valence-electron chi connectivity index (χ0n) is 13.0. The van der Waals surface area contributed by atoms with E-state index in [1.54, 1.807) is 24.3 Å². The van der Waals surface area contributed by atoms with Gasteiger partial charge in [-0.1, -0.05) is 24.3 Å². The standard InChI is InChI=1S/C19H17FN2O2/c20-15-7-5-13(6-8-15)14-9-16(11-17(24)10-14)22-19-4-2-1-3-18(19)21-12-23/h1-8,11-12,14,22H,9-10H2,(H,21,23). The fourth-order valence-electron chi connectivity index (χ4n) is 2.90. The minimum Gasteiger partial charge on any atom is -0.357 e. The number of allylic oxidation sites excluding steroid dienone is 2. The summed E-state index contributed by atoms with van der Waals surface area (Å²) in [6, 6.07) is 13.5. The van der Waals surface area contributed by atoms with Crippen molar-refractivity contribution in [3.8, 4) is 0 Å². The molecule has 0 spiro atoms. The van der Waals surface area contributed by atoms with Crippen molar-refractivity contribution in [1.82, 2.24) is 0 Å². The van der Waals surface area contributed by atoms with Crippen molar-refractivity contribution in [3.63, 3.8) is 0 Å². The molecule has 1 aliphatic rings. The third-order valence-electron chi connectivity index (χ3n) is 4.03. The molecule has 24 heavy (non-hydrogen) atoms. The predicted octanol–water partition coefficient (Wildman–Crippen LogP) is 3.84. The molecule has 2 aromatic carbocycles. The molecule has 5 heteroatoms. The Kier molecular flexibility index (Phi) is 4.70. The largest absolute Gasteiger partial charge is 0.357 e. The number of para-hydroxylation sites is 2. The molecular formula is C19H17FN2O2. The van der Waals surface area contributed by atoms with Gasteiger partial charge in [-0.2, -0.15) is 0 Å². The van der Waals surface area contributed by atoms with Gasteiger partial charge in [0, 0.05) is 18.2 Å². The van der Waals surface area contributed by atoms with Crippen LogP contribution in [0.3, 0.4) is 0 Å². The van der Waals surface area contributed by atoms with Crippen LogP contribution in [0.2, 0.25) is 0 Å². The lowest BCUT2D eigenvalue weighted by atomic mass is 9.85. The van der Waals surface area contributed by atoms with Gasteiger partial charge in [0.15, 0.2) is 5.78 Å². The Morgan fingerprint density at radius 1 is 1.00 bits per heavy atom. The van der Waals surface area contributed by atoms with Crippen molar-refractivity contribution in [3.05, 3.63) is 71.7 Å². The third kappa shape index (κ3) is 3.68. The Bertz CT molecular complexity index is 784. The zero-order chi connectivity index (χ0) is 16.9. The van der Waals surface area contributed by atoms with Gasteiger partial charge < -0.3 is 10.6 Å². The molecule has 0 saturated heterocycles. The maximum Gasteiger partial charge on any atom is 0.211 e. The summed E-state index contributed by atoms with van der Waals surface area (Å²) < 4.78 is 13.1. The molecule has 0 aliphatic heterocycles. The van der Waals surface area contributed by atoms with Gasteiger partial charge in [-0.15, -0.1) is 0 Å². The molecule has 4 nitrogen and oxygen atoms in total. The zero-order valence-corrected chi connectivity index (χ0v) is 13.0. The second-order valence-electron chi connectivity index (χ2n) is 5.73. The normalized spacial score (nSPS) is 17.1. The topological polar surface area (TPSA) is 58.2 Å². The Morgan fingerprint density at radius 2 is 1.71 bits per heavy atom. The van der Waals surface area contributed by atoms with Gasteiger partial charge in [0.2, 0.25) is 6.41 Å². The Morgan fingerprint density at radius 3 is 2.42 bits per heavy atom.